The smallest absolute Gasteiger partial charge is 0.142 e. The molecule has 0 unspecified atom stereocenters. The lowest BCUT2D eigenvalue weighted by atomic mass is 10.1. The van der Waals surface area contributed by atoms with E-state index < -0.39 is 0 Å². The summed E-state index contributed by atoms with van der Waals surface area (Å²) in [5, 5.41) is 0.886. The zero-order valence-electron chi connectivity index (χ0n) is 11.4. The molecule has 1 aromatic carbocycles. The number of ether oxygens (including phenoxy) is 1. The van der Waals surface area contributed by atoms with Crippen molar-refractivity contribution in [1.29, 1.82) is 0 Å². The Morgan fingerprint density at radius 2 is 1.95 bits per heavy atom. The molecule has 0 bridgehead atoms. The molecular formula is C16H13ClN2OS. The largest absolute Gasteiger partial charge is 0.497 e. The van der Waals surface area contributed by atoms with Gasteiger partial charge >= 0.3 is 0 Å². The van der Waals surface area contributed by atoms with Crippen molar-refractivity contribution in [1.82, 2.24) is 9.97 Å². The highest BCUT2D eigenvalue weighted by Crippen LogP contribution is 2.34. The van der Waals surface area contributed by atoms with Gasteiger partial charge in [-0.15, -0.1) is 22.9 Å². The molecule has 3 rings (SSSR count). The van der Waals surface area contributed by atoms with E-state index in [0.717, 1.165) is 32.6 Å². The molecule has 0 aliphatic rings. The fourth-order valence-electron chi connectivity index (χ4n) is 2.02. The van der Waals surface area contributed by atoms with E-state index in [-0.39, 0.29) is 0 Å². The number of pyridine rings is 1. The van der Waals surface area contributed by atoms with Crippen LogP contribution in [0.5, 0.6) is 5.75 Å². The lowest BCUT2D eigenvalue weighted by Crippen LogP contribution is -1.86. The van der Waals surface area contributed by atoms with Gasteiger partial charge < -0.3 is 4.74 Å². The van der Waals surface area contributed by atoms with E-state index in [1.54, 1.807) is 24.6 Å². The highest BCUT2D eigenvalue weighted by atomic mass is 35.5. The number of methoxy groups -OCH3 is 1. The monoisotopic (exact) mass is 316 g/mol. The fraction of sp³-hybridized carbons (Fsp3) is 0.125. The van der Waals surface area contributed by atoms with Crippen molar-refractivity contribution in [2.45, 2.75) is 5.88 Å². The van der Waals surface area contributed by atoms with E-state index in [1.807, 2.05) is 42.5 Å². The number of alkyl halides is 1. The first-order valence-corrected chi connectivity index (χ1v) is 7.78. The molecule has 0 N–H and O–H groups in total. The Morgan fingerprint density at radius 1 is 1.14 bits per heavy atom. The minimum Gasteiger partial charge on any atom is -0.497 e. The van der Waals surface area contributed by atoms with Crippen molar-refractivity contribution in [3.8, 4) is 27.7 Å². The third-order valence-electron chi connectivity index (χ3n) is 3.07. The molecule has 3 aromatic rings. The quantitative estimate of drug-likeness (QED) is 0.659. The molecule has 5 heteroatoms. The van der Waals surface area contributed by atoms with Crippen LogP contribution in [0.4, 0.5) is 0 Å². The van der Waals surface area contributed by atoms with Crippen LogP contribution < -0.4 is 4.74 Å². The highest BCUT2D eigenvalue weighted by Gasteiger charge is 2.14. The van der Waals surface area contributed by atoms with Crippen molar-refractivity contribution >= 4 is 22.9 Å². The molecule has 2 heterocycles. The van der Waals surface area contributed by atoms with Crippen LogP contribution in [0.3, 0.4) is 0 Å². The summed E-state index contributed by atoms with van der Waals surface area (Å²) in [4.78, 5) is 10.1. The molecule has 3 nitrogen and oxygen atoms in total. The van der Waals surface area contributed by atoms with Crippen LogP contribution in [-0.2, 0) is 5.88 Å². The number of hydrogen-bond donors (Lipinski definition) is 0. The Balaban J connectivity index is 2.03. The second-order valence-corrected chi connectivity index (χ2v) is 5.72. The molecule has 0 amide bonds. The van der Waals surface area contributed by atoms with Gasteiger partial charge in [-0.05, 0) is 36.4 Å². The Hall–Kier alpha value is -1.91. The van der Waals surface area contributed by atoms with E-state index in [2.05, 4.69) is 4.98 Å². The van der Waals surface area contributed by atoms with Crippen molar-refractivity contribution in [3.63, 3.8) is 0 Å². The lowest BCUT2D eigenvalue weighted by Gasteiger charge is -2.02. The molecule has 0 fully saturated rings. The van der Waals surface area contributed by atoms with Crippen LogP contribution in [0.15, 0.2) is 48.7 Å². The number of hydrogen-bond acceptors (Lipinski definition) is 4. The Morgan fingerprint density at radius 3 is 2.57 bits per heavy atom. The molecule has 0 aliphatic carbocycles. The second kappa shape index (κ2) is 6.24. The van der Waals surface area contributed by atoms with Crippen LogP contribution in [0.1, 0.15) is 4.88 Å². The van der Waals surface area contributed by atoms with E-state index in [1.165, 1.54) is 0 Å². The molecule has 106 valence electrons. The predicted molar refractivity (Wildman–Crippen MR) is 86.9 cm³/mol. The number of halogens is 1. The Kier molecular flexibility index (Phi) is 4.18. The van der Waals surface area contributed by atoms with Gasteiger partial charge in [0, 0.05) is 16.6 Å². The van der Waals surface area contributed by atoms with Crippen molar-refractivity contribution in [2.75, 3.05) is 7.11 Å². The second-order valence-electron chi connectivity index (χ2n) is 4.37. The summed E-state index contributed by atoms with van der Waals surface area (Å²) in [6.07, 6.45) is 1.77. The number of nitrogens with zero attached hydrogens (tertiary/aromatic N) is 2. The zero-order valence-corrected chi connectivity index (χ0v) is 13.0. The van der Waals surface area contributed by atoms with Crippen LogP contribution in [0, 0.1) is 0 Å². The van der Waals surface area contributed by atoms with E-state index >= 15 is 0 Å². The summed E-state index contributed by atoms with van der Waals surface area (Å²) in [5.74, 6) is 1.26. The zero-order chi connectivity index (χ0) is 14.7. The van der Waals surface area contributed by atoms with Gasteiger partial charge in [0.05, 0.1) is 24.4 Å². The Labute approximate surface area is 132 Å². The third-order valence-corrected chi connectivity index (χ3v) is 4.57. The fourth-order valence-corrected chi connectivity index (χ4v) is 3.22. The van der Waals surface area contributed by atoms with Gasteiger partial charge in [0.15, 0.2) is 0 Å². The lowest BCUT2D eigenvalue weighted by molar-refractivity contribution is 0.415. The molecule has 21 heavy (non-hydrogen) atoms. The Bertz CT molecular complexity index is 726. The molecule has 0 saturated heterocycles. The highest BCUT2D eigenvalue weighted by molar-refractivity contribution is 7.15. The van der Waals surface area contributed by atoms with Crippen molar-refractivity contribution in [2.24, 2.45) is 0 Å². The minimum atomic E-state index is 0.436. The molecule has 2 aromatic heterocycles. The van der Waals surface area contributed by atoms with Gasteiger partial charge in [-0.25, -0.2) is 4.98 Å². The number of thiazole rings is 1. The summed E-state index contributed by atoms with van der Waals surface area (Å²) in [5.41, 5.74) is 2.82. The van der Waals surface area contributed by atoms with Crippen LogP contribution in [0.2, 0.25) is 0 Å². The summed E-state index contributed by atoms with van der Waals surface area (Å²) >= 11 is 7.65. The first-order chi connectivity index (χ1) is 10.3. The van der Waals surface area contributed by atoms with E-state index in [0.29, 0.717) is 5.88 Å². The maximum Gasteiger partial charge on any atom is 0.142 e. The summed E-state index contributed by atoms with van der Waals surface area (Å²) in [6, 6.07) is 13.6. The van der Waals surface area contributed by atoms with E-state index in [4.69, 9.17) is 21.3 Å². The third kappa shape index (κ3) is 2.91. The SMILES string of the molecule is COc1ccc(-c2nc(-c3ccccn3)sc2CCl)cc1. The van der Waals surface area contributed by atoms with E-state index in [9.17, 15) is 0 Å². The molecule has 0 radical (unpaired) electrons. The van der Waals surface area contributed by atoms with Gasteiger partial charge in [0.2, 0.25) is 0 Å². The van der Waals surface area contributed by atoms with Gasteiger partial charge in [0.25, 0.3) is 0 Å². The van der Waals surface area contributed by atoms with Gasteiger partial charge in [-0.1, -0.05) is 6.07 Å². The number of aromatic nitrogens is 2. The van der Waals surface area contributed by atoms with Gasteiger partial charge in [0.1, 0.15) is 10.8 Å². The van der Waals surface area contributed by atoms with Gasteiger partial charge in [-0.2, -0.15) is 0 Å². The summed E-state index contributed by atoms with van der Waals surface area (Å²) in [7, 11) is 1.65. The molecule has 0 aliphatic heterocycles. The molecule has 0 atom stereocenters. The first-order valence-electron chi connectivity index (χ1n) is 6.43. The van der Waals surface area contributed by atoms with Crippen LogP contribution in [-0.4, -0.2) is 17.1 Å². The van der Waals surface area contributed by atoms with Gasteiger partial charge in [-0.3, -0.25) is 4.98 Å². The minimum absolute atomic E-state index is 0.436. The number of benzene rings is 1. The topological polar surface area (TPSA) is 35.0 Å². The standard InChI is InChI=1S/C16H13ClN2OS/c1-20-12-7-5-11(6-8-12)15-14(10-17)21-16(19-15)13-4-2-3-9-18-13/h2-9H,10H2,1H3. The number of rotatable bonds is 4. The van der Waals surface area contributed by atoms with Crippen LogP contribution >= 0.6 is 22.9 Å². The first kappa shape index (κ1) is 14.0. The maximum atomic E-state index is 6.07. The average Bonchev–Trinajstić information content (AvgIpc) is 3.00. The molecular weight excluding hydrogens is 304 g/mol. The average molecular weight is 317 g/mol. The normalized spacial score (nSPS) is 10.6. The molecule has 0 saturated carbocycles. The maximum absolute atomic E-state index is 6.07. The summed E-state index contributed by atoms with van der Waals surface area (Å²) < 4.78 is 5.18. The molecule has 0 spiro atoms. The summed E-state index contributed by atoms with van der Waals surface area (Å²) in [6.45, 7) is 0. The van der Waals surface area contributed by atoms with Crippen LogP contribution in [0.25, 0.3) is 22.0 Å². The van der Waals surface area contributed by atoms with Crippen molar-refractivity contribution in [3.05, 3.63) is 53.5 Å². The predicted octanol–water partition coefficient (Wildman–Crippen LogP) is 4.62. The van der Waals surface area contributed by atoms with Crippen molar-refractivity contribution < 1.29 is 4.74 Å².